The van der Waals surface area contributed by atoms with Crippen LogP contribution >= 0.6 is 30.7 Å². The van der Waals surface area contributed by atoms with E-state index in [1.54, 1.807) is 0 Å². The standard InChI is InChI=1S/C48H32BOPS2/c50-51(39-17-3-1-4-18-39,40-19-5-2-6-20-40)41-27-25-33(26-28-41)34-13-11-14-35(29-34)36-15-12-16-37(30-36)38-31-46-48-47(32-38)53-45-24-10-8-22-43(45)49(48)42-21-7-9-23-44(42)52-46/h1-32H. The lowest BCUT2D eigenvalue weighted by molar-refractivity contribution is 0.592. The van der Waals surface area contributed by atoms with Gasteiger partial charge in [-0.1, -0.05) is 192 Å². The minimum Gasteiger partial charge on any atom is -0.309 e. The van der Waals surface area contributed by atoms with Crippen LogP contribution in [-0.2, 0) is 4.57 Å². The van der Waals surface area contributed by atoms with E-state index >= 15 is 0 Å². The smallest absolute Gasteiger partial charge is 0.247 e. The molecule has 0 saturated heterocycles. The Morgan fingerprint density at radius 3 is 1.26 bits per heavy atom. The number of rotatable bonds is 6. The predicted octanol–water partition coefficient (Wildman–Crippen LogP) is 9.77. The molecule has 0 N–H and O–H groups in total. The third kappa shape index (κ3) is 5.65. The summed E-state index contributed by atoms with van der Waals surface area (Å²) in [5, 5.41) is 2.52. The normalized spacial score (nSPS) is 12.8. The second-order valence-electron chi connectivity index (χ2n) is 13.6. The Morgan fingerprint density at radius 2 is 0.755 bits per heavy atom. The van der Waals surface area contributed by atoms with Crippen LogP contribution in [0.25, 0.3) is 33.4 Å². The Bertz CT molecular complexity index is 2600. The molecule has 2 aliphatic rings. The van der Waals surface area contributed by atoms with Crippen LogP contribution in [0.4, 0.5) is 0 Å². The molecule has 0 saturated carbocycles. The molecule has 8 aromatic carbocycles. The summed E-state index contributed by atoms with van der Waals surface area (Å²) in [5.41, 5.74) is 11.3. The van der Waals surface area contributed by atoms with Crippen molar-refractivity contribution in [3.8, 4) is 33.4 Å². The van der Waals surface area contributed by atoms with Crippen LogP contribution in [-0.4, -0.2) is 6.71 Å². The fourth-order valence-corrected chi connectivity index (χ4v) is 13.0. The number of hydrogen-bond donors (Lipinski definition) is 0. The second-order valence-corrected chi connectivity index (χ2v) is 18.5. The molecule has 0 bridgehead atoms. The summed E-state index contributed by atoms with van der Waals surface area (Å²) in [7, 11) is -3.03. The topological polar surface area (TPSA) is 17.1 Å². The maximum atomic E-state index is 14.9. The molecule has 0 unspecified atom stereocenters. The highest BCUT2D eigenvalue weighted by molar-refractivity contribution is 8.01. The molecule has 0 amide bonds. The van der Waals surface area contributed by atoms with Crippen molar-refractivity contribution in [2.24, 2.45) is 0 Å². The minimum absolute atomic E-state index is 0.260. The molecular weight excluding hydrogens is 698 g/mol. The van der Waals surface area contributed by atoms with Crippen molar-refractivity contribution in [1.82, 2.24) is 0 Å². The molecule has 1 nitrogen and oxygen atoms in total. The van der Waals surface area contributed by atoms with Crippen LogP contribution in [0.2, 0.25) is 0 Å². The quantitative estimate of drug-likeness (QED) is 0.125. The zero-order valence-electron chi connectivity index (χ0n) is 28.7. The number of benzene rings is 8. The van der Waals surface area contributed by atoms with E-state index in [-0.39, 0.29) is 6.71 Å². The third-order valence-electron chi connectivity index (χ3n) is 10.5. The van der Waals surface area contributed by atoms with Crippen LogP contribution in [0.15, 0.2) is 214 Å². The molecular formula is C48H32BOPS2. The first-order valence-corrected chi connectivity index (χ1v) is 21.2. The Kier molecular flexibility index (Phi) is 8.14. The molecule has 5 heteroatoms. The van der Waals surface area contributed by atoms with Crippen molar-refractivity contribution in [3.05, 3.63) is 194 Å². The van der Waals surface area contributed by atoms with Crippen molar-refractivity contribution in [3.63, 3.8) is 0 Å². The summed E-state index contributed by atoms with van der Waals surface area (Å²) in [6.07, 6.45) is 0. The first kappa shape index (κ1) is 32.4. The van der Waals surface area contributed by atoms with Crippen LogP contribution in [0.5, 0.6) is 0 Å². The summed E-state index contributed by atoms with van der Waals surface area (Å²) in [6.45, 7) is 0.260. The van der Waals surface area contributed by atoms with Crippen molar-refractivity contribution in [2.75, 3.05) is 0 Å². The highest BCUT2D eigenvalue weighted by Crippen LogP contribution is 2.44. The van der Waals surface area contributed by atoms with Gasteiger partial charge in [0.2, 0.25) is 6.71 Å². The van der Waals surface area contributed by atoms with Gasteiger partial charge in [0.15, 0.2) is 7.14 Å². The molecule has 10 rings (SSSR count). The Labute approximate surface area is 319 Å². The predicted molar refractivity (Wildman–Crippen MR) is 228 cm³/mol. The Morgan fingerprint density at radius 1 is 0.340 bits per heavy atom. The van der Waals surface area contributed by atoms with Crippen molar-refractivity contribution in [1.29, 1.82) is 0 Å². The van der Waals surface area contributed by atoms with Crippen molar-refractivity contribution >= 4 is 69.7 Å². The third-order valence-corrected chi connectivity index (χ3v) is 15.9. The summed E-state index contributed by atoms with van der Waals surface area (Å²) in [6, 6.07) is 68.3. The van der Waals surface area contributed by atoms with E-state index in [0.29, 0.717) is 0 Å². The van der Waals surface area contributed by atoms with Gasteiger partial charge in [-0.25, -0.2) is 0 Å². The van der Waals surface area contributed by atoms with E-state index in [4.69, 9.17) is 0 Å². The highest BCUT2D eigenvalue weighted by atomic mass is 32.2. The van der Waals surface area contributed by atoms with Crippen molar-refractivity contribution < 1.29 is 4.57 Å². The van der Waals surface area contributed by atoms with Crippen LogP contribution in [0.3, 0.4) is 0 Å². The van der Waals surface area contributed by atoms with Gasteiger partial charge < -0.3 is 4.57 Å². The summed E-state index contributed by atoms with van der Waals surface area (Å²) in [5.74, 6) is 0. The van der Waals surface area contributed by atoms with Crippen LogP contribution in [0, 0.1) is 0 Å². The van der Waals surface area contributed by atoms with E-state index in [1.807, 2.05) is 96.3 Å². The molecule has 2 aliphatic heterocycles. The summed E-state index contributed by atoms with van der Waals surface area (Å²) < 4.78 is 14.9. The van der Waals surface area contributed by atoms with E-state index in [2.05, 4.69) is 121 Å². The SMILES string of the molecule is O=P(c1ccccc1)(c1ccccc1)c1ccc(-c2cccc(-c3cccc(-c4cc5c6c(c4)Sc4ccccc4B6c4ccccc4S5)c3)c2)cc1. The highest BCUT2D eigenvalue weighted by Gasteiger charge is 2.38. The number of fused-ring (bicyclic) bond motifs is 4. The zero-order chi connectivity index (χ0) is 35.4. The van der Waals surface area contributed by atoms with Gasteiger partial charge in [-0.3, -0.25) is 0 Å². The first-order chi connectivity index (χ1) is 26.1. The van der Waals surface area contributed by atoms with Crippen LogP contribution in [0.1, 0.15) is 0 Å². The Balaban J connectivity index is 0.993. The summed E-state index contributed by atoms with van der Waals surface area (Å²) >= 11 is 3.80. The lowest BCUT2D eigenvalue weighted by Crippen LogP contribution is -2.57. The van der Waals surface area contributed by atoms with Gasteiger partial charge in [0.1, 0.15) is 0 Å². The monoisotopic (exact) mass is 730 g/mol. The first-order valence-electron chi connectivity index (χ1n) is 17.9. The fourth-order valence-electron chi connectivity index (χ4n) is 7.90. The van der Waals surface area contributed by atoms with E-state index in [1.165, 1.54) is 58.2 Å². The fraction of sp³-hybridized carbons (Fsp3) is 0. The van der Waals surface area contributed by atoms with Gasteiger partial charge in [0.05, 0.1) is 0 Å². The molecule has 53 heavy (non-hydrogen) atoms. The molecule has 0 radical (unpaired) electrons. The minimum atomic E-state index is -3.03. The molecule has 0 fully saturated rings. The average molecular weight is 731 g/mol. The van der Waals surface area contributed by atoms with E-state index < -0.39 is 7.14 Å². The summed E-state index contributed by atoms with van der Waals surface area (Å²) in [4.78, 5) is 5.39. The lowest BCUT2D eigenvalue weighted by Gasteiger charge is -2.33. The molecule has 0 atom stereocenters. The molecule has 8 aromatic rings. The maximum Gasteiger partial charge on any atom is 0.247 e. The van der Waals surface area contributed by atoms with Crippen LogP contribution < -0.4 is 32.3 Å². The van der Waals surface area contributed by atoms with Gasteiger partial charge in [-0.15, -0.1) is 0 Å². The average Bonchev–Trinajstić information content (AvgIpc) is 3.24. The van der Waals surface area contributed by atoms with Gasteiger partial charge in [0.25, 0.3) is 0 Å². The number of hydrogen-bond acceptors (Lipinski definition) is 3. The largest absolute Gasteiger partial charge is 0.309 e. The second kappa shape index (κ2) is 13.3. The lowest BCUT2D eigenvalue weighted by atomic mass is 9.36. The van der Waals surface area contributed by atoms with Gasteiger partial charge >= 0.3 is 0 Å². The van der Waals surface area contributed by atoms with Gasteiger partial charge in [-0.2, -0.15) is 0 Å². The zero-order valence-corrected chi connectivity index (χ0v) is 31.3. The van der Waals surface area contributed by atoms with Gasteiger partial charge in [-0.05, 0) is 75.2 Å². The molecule has 0 spiro atoms. The molecule has 0 aliphatic carbocycles. The maximum absolute atomic E-state index is 14.9. The Hall–Kier alpha value is -5.25. The van der Waals surface area contributed by atoms with E-state index in [9.17, 15) is 4.57 Å². The molecule has 0 aromatic heterocycles. The van der Waals surface area contributed by atoms with Crippen molar-refractivity contribution in [2.45, 2.75) is 19.6 Å². The molecule has 250 valence electrons. The van der Waals surface area contributed by atoms with E-state index in [0.717, 1.165) is 27.0 Å². The molecule has 2 heterocycles. The van der Waals surface area contributed by atoms with Gasteiger partial charge in [0, 0.05) is 35.5 Å².